The first-order valence-electron chi connectivity index (χ1n) is 9.76. The summed E-state index contributed by atoms with van der Waals surface area (Å²) < 4.78 is 34.7. The van der Waals surface area contributed by atoms with E-state index in [2.05, 4.69) is 11.3 Å². The smallest absolute Gasteiger partial charge is 0.262 e. The van der Waals surface area contributed by atoms with E-state index in [4.69, 9.17) is 4.74 Å². The Morgan fingerprint density at radius 3 is 2.40 bits per heavy atom. The molecule has 7 heteroatoms. The molecule has 2 aromatic rings. The molecule has 0 saturated carbocycles. The third kappa shape index (κ3) is 4.07. The van der Waals surface area contributed by atoms with Crippen molar-refractivity contribution in [2.45, 2.75) is 39.5 Å². The summed E-state index contributed by atoms with van der Waals surface area (Å²) in [5.74, 6) is 0.383. The van der Waals surface area contributed by atoms with Gasteiger partial charge < -0.3 is 9.64 Å². The molecule has 0 bridgehead atoms. The normalized spacial score (nSPS) is 15.8. The van der Waals surface area contributed by atoms with E-state index < -0.39 is 15.4 Å². The number of aryl methyl sites for hydroxylation is 3. The van der Waals surface area contributed by atoms with Gasteiger partial charge in [0.2, 0.25) is 5.91 Å². The van der Waals surface area contributed by atoms with Crippen molar-refractivity contribution in [3.05, 3.63) is 59.7 Å². The molecule has 1 N–H and O–H groups in total. The highest BCUT2D eigenvalue weighted by molar-refractivity contribution is 7.92. The molecule has 0 atom stereocenters. The predicted octanol–water partition coefficient (Wildman–Crippen LogP) is 4.35. The largest absolute Gasteiger partial charge is 0.490 e. The summed E-state index contributed by atoms with van der Waals surface area (Å²) in [7, 11) is -3.79. The molecule has 0 fully saturated rings. The topological polar surface area (TPSA) is 75.7 Å². The van der Waals surface area contributed by atoms with Gasteiger partial charge in [0.05, 0.1) is 21.7 Å². The fourth-order valence-corrected chi connectivity index (χ4v) is 5.32. The Bertz CT molecular complexity index is 1100. The molecule has 0 spiro atoms. The summed E-state index contributed by atoms with van der Waals surface area (Å²) in [6.45, 7) is 13.4. The fraction of sp³-hybridized carbons (Fsp3) is 0.348. The van der Waals surface area contributed by atoms with Crippen molar-refractivity contribution in [2.24, 2.45) is 5.41 Å². The highest BCUT2D eigenvalue weighted by Crippen LogP contribution is 2.38. The van der Waals surface area contributed by atoms with Gasteiger partial charge in [-0.05, 0) is 57.9 Å². The third-order valence-corrected chi connectivity index (χ3v) is 6.79. The van der Waals surface area contributed by atoms with Crippen LogP contribution < -0.4 is 14.4 Å². The molecule has 6 nitrogen and oxygen atoms in total. The van der Waals surface area contributed by atoms with Gasteiger partial charge in [-0.15, -0.1) is 6.58 Å². The van der Waals surface area contributed by atoms with Crippen molar-refractivity contribution in [2.75, 3.05) is 22.8 Å². The van der Waals surface area contributed by atoms with Gasteiger partial charge in [0.25, 0.3) is 10.0 Å². The number of ether oxygens (including phenoxy) is 1. The Labute approximate surface area is 178 Å². The summed E-state index contributed by atoms with van der Waals surface area (Å²) in [4.78, 5) is 14.8. The number of hydrogen-bond acceptors (Lipinski definition) is 4. The SMILES string of the molecule is C=CCN1C(=O)C(C)(C)COc2cc(NS(=O)(=O)c3c(C)cc(C)cc3C)ccc21. The van der Waals surface area contributed by atoms with E-state index >= 15 is 0 Å². The van der Waals surface area contributed by atoms with E-state index in [-0.39, 0.29) is 17.4 Å². The lowest BCUT2D eigenvalue weighted by atomic mass is 9.93. The summed E-state index contributed by atoms with van der Waals surface area (Å²) in [6, 6.07) is 8.66. The van der Waals surface area contributed by atoms with E-state index in [1.54, 1.807) is 43.0 Å². The highest BCUT2D eigenvalue weighted by Gasteiger charge is 2.37. The molecule has 30 heavy (non-hydrogen) atoms. The number of hydrogen-bond donors (Lipinski definition) is 1. The number of nitrogens with one attached hydrogen (secondary N) is 1. The van der Waals surface area contributed by atoms with E-state index in [1.807, 2.05) is 32.9 Å². The van der Waals surface area contributed by atoms with E-state index in [0.717, 1.165) is 5.56 Å². The quantitative estimate of drug-likeness (QED) is 0.719. The van der Waals surface area contributed by atoms with Gasteiger partial charge >= 0.3 is 0 Å². The summed E-state index contributed by atoms with van der Waals surface area (Å²) >= 11 is 0. The van der Waals surface area contributed by atoms with Crippen molar-refractivity contribution in [3.8, 4) is 5.75 Å². The van der Waals surface area contributed by atoms with Crippen molar-refractivity contribution in [1.82, 2.24) is 0 Å². The minimum atomic E-state index is -3.79. The number of carbonyl (C=O) groups excluding carboxylic acids is 1. The second-order valence-corrected chi connectivity index (χ2v) is 10.0. The van der Waals surface area contributed by atoms with E-state index in [0.29, 0.717) is 34.8 Å². The second-order valence-electron chi connectivity index (χ2n) is 8.39. The van der Waals surface area contributed by atoms with Gasteiger partial charge in [-0.2, -0.15) is 0 Å². The number of fused-ring (bicyclic) bond motifs is 1. The zero-order valence-corrected chi connectivity index (χ0v) is 18.9. The molecule has 1 heterocycles. The van der Waals surface area contributed by atoms with E-state index in [1.165, 1.54) is 0 Å². The average molecular weight is 429 g/mol. The summed E-state index contributed by atoms with van der Waals surface area (Å²) in [6.07, 6.45) is 1.66. The first-order valence-corrected chi connectivity index (χ1v) is 11.2. The molecule has 0 saturated heterocycles. The molecular formula is C23H28N2O4S. The Hall–Kier alpha value is -2.80. The summed E-state index contributed by atoms with van der Waals surface area (Å²) in [5, 5.41) is 0. The number of amides is 1. The molecule has 160 valence electrons. The lowest BCUT2D eigenvalue weighted by Gasteiger charge is -2.27. The number of anilines is 2. The van der Waals surface area contributed by atoms with Crippen LogP contribution in [0.1, 0.15) is 30.5 Å². The highest BCUT2D eigenvalue weighted by atomic mass is 32.2. The third-order valence-electron chi connectivity index (χ3n) is 5.10. The number of benzene rings is 2. The minimum Gasteiger partial charge on any atom is -0.490 e. The Kier molecular flexibility index (Phi) is 5.69. The van der Waals surface area contributed by atoms with Crippen LogP contribution in [-0.2, 0) is 14.8 Å². The Balaban J connectivity index is 2.00. The Morgan fingerprint density at radius 2 is 1.80 bits per heavy atom. The van der Waals surface area contributed by atoms with Crippen LogP contribution in [0, 0.1) is 26.2 Å². The lowest BCUT2D eigenvalue weighted by Crippen LogP contribution is -2.42. The van der Waals surface area contributed by atoms with Crippen LogP contribution in [0.4, 0.5) is 11.4 Å². The first kappa shape index (κ1) is 21.9. The molecule has 0 unspecified atom stereocenters. The van der Waals surface area contributed by atoms with Crippen LogP contribution >= 0.6 is 0 Å². The number of sulfonamides is 1. The van der Waals surface area contributed by atoms with Crippen molar-refractivity contribution in [3.63, 3.8) is 0 Å². The van der Waals surface area contributed by atoms with Gasteiger partial charge in [-0.3, -0.25) is 9.52 Å². The van der Waals surface area contributed by atoms with Gasteiger partial charge in [0.15, 0.2) is 0 Å². The molecular weight excluding hydrogens is 400 g/mol. The zero-order valence-electron chi connectivity index (χ0n) is 18.1. The average Bonchev–Trinajstić information content (AvgIpc) is 2.71. The monoisotopic (exact) mass is 428 g/mol. The van der Waals surface area contributed by atoms with Gasteiger partial charge in [0.1, 0.15) is 12.4 Å². The predicted molar refractivity (Wildman–Crippen MR) is 120 cm³/mol. The van der Waals surface area contributed by atoms with Gasteiger partial charge in [0, 0.05) is 12.6 Å². The standard InChI is InChI=1S/C23H28N2O4S/c1-7-10-25-19-9-8-18(13-20(19)29-14-23(5,6)22(25)26)24-30(27,28)21-16(3)11-15(2)12-17(21)4/h7-9,11-13,24H,1,10,14H2,2-6H3. The van der Waals surface area contributed by atoms with Crippen molar-refractivity contribution < 1.29 is 17.9 Å². The molecule has 1 aliphatic rings. The summed E-state index contributed by atoms with van der Waals surface area (Å²) in [5.41, 5.74) is 2.65. The zero-order chi connectivity index (χ0) is 22.3. The Morgan fingerprint density at radius 1 is 1.17 bits per heavy atom. The molecule has 0 radical (unpaired) electrons. The second kappa shape index (κ2) is 7.80. The molecule has 0 aliphatic carbocycles. The van der Waals surface area contributed by atoms with Crippen LogP contribution in [0.15, 0.2) is 47.9 Å². The number of nitrogens with zero attached hydrogens (tertiary/aromatic N) is 1. The maximum atomic E-state index is 13.1. The van der Waals surface area contributed by atoms with Crippen molar-refractivity contribution >= 4 is 27.3 Å². The fourth-order valence-electron chi connectivity index (χ4n) is 3.82. The lowest BCUT2D eigenvalue weighted by molar-refractivity contribution is -0.127. The molecule has 3 rings (SSSR count). The van der Waals surface area contributed by atoms with Gasteiger partial charge in [-0.25, -0.2) is 8.42 Å². The first-order chi connectivity index (χ1) is 14.0. The maximum absolute atomic E-state index is 13.1. The van der Waals surface area contributed by atoms with Crippen LogP contribution in [0.2, 0.25) is 0 Å². The van der Waals surface area contributed by atoms with Crippen LogP contribution in [0.5, 0.6) is 5.75 Å². The van der Waals surface area contributed by atoms with Crippen LogP contribution in [0.3, 0.4) is 0 Å². The van der Waals surface area contributed by atoms with Crippen LogP contribution in [-0.4, -0.2) is 27.5 Å². The van der Waals surface area contributed by atoms with E-state index in [9.17, 15) is 13.2 Å². The maximum Gasteiger partial charge on any atom is 0.262 e. The van der Waals surface area contributed by atoms with Crippen LogP contribution in [0.25, 0.3) is 0 Å². The molecule has 0 aromatic heterocycles. The molecule has 1 aliphatic heterocycles. The van der Waals surface area contributed by atoms with Crippen molar-refractivity contribution in [1.29, 1.82) is 0 Å². The minimum absolute atomic E-state index is 0.0691. The number of rotatable bonds is 5. The van der Waals surface area contributed by atoms with Gasteiger partial charge in [-0.1, -0.05) is 23.8 Å². The molecule has 2 aromatic carbocycles. The molecule has 1 amide bonds. The number of carbonyl (C=O) groups is 1.